The van der Waals surface area contributed by atoms with Gasteiger partial charge < -0.3 is 9.47 Å². The van der Waals surface area contributed by atoms with Crippen LogP contribution in [0.3, 0.4) is 0 Å². The van der Waals surface area contributed by atoms with E-state index in [4.69, 9.17) is 9.47 Å². The largest absolute Gasteiger partial charge is 0.489 e. The Balaban J connectivity index is 1.60. The Kier molecular flexibility index (Phi) is 13.7. The molecule has 3 aromatic carbocycles. The number of carbonyl (C=O) groups is 1. The molecule has 0 saturated heterocycles. The fourth-order valence-electron chi connectivity index (χ4n) is 4.88. The first-order chi connectivity index (χ1) is 19.1. The third-order valence-corrected chi connectivity index (χ3v) is 7.20. The van der Waals surface area contributed by atoms with Gasteiger partial charge in [-0.25, -0.2) is 0 Å². The molecule has 0 N–H and O–H groups in total. The molecule has 3 heteroatoms. The third-order valence-electron chi connectivity index (χ3n) is 7.20. The van der Waals surface area contributed by atoms with Crippen LogP contribution in [0.25, 0.3) is 11.1 Å². The number of unbranched alkanes of at least 4 members (excludes halogenated alkanes) is 6. The standard InChI is InChI=1S/C36H48O3/c1-4-6-7-8-9-10-12-16-31-22-26-34(35(27-31)38-28-29(3)39-36(37)15-5-2)25-21-30-19-23-33(24-20-30)32-17-13-11-14-18-32/h11,13-14,17-20,22-24,26-27,29H,4-10,12,15-16,21,25,28H2,1-3H3. The highest BCUT2D eigenvalue weighted by Crippen LogP contribution is 2.25. The van der Waals surface area contributed by atoms with Crippen molar-refractivity contribution < 1.29 is 14.3 Å². The maximum atomic E-state index is 11.9. The van der Waals surface area contributed by atoms with E-state index < -0.39 is 0 Å². The monoisotopic (exact) mass is 528 g/mol. The topological polar surface area (TPSA) is 35.5 Å². The summed E-state index contributed by atoms with van der Waals surface area (Å²) in [5.41, 5.74) is 6.33. The Morgan fingerprint density at radius 2 is 1.36 bits per heavy atom. The first-order valence-electron chi connectivity index (χ1n) is 15.2. The third kappa shape index (κ3) is 11.3. The highest BCUT2D eigenvalue weighted by molar-refractivity contribution is 5.69. The van der Waals surface area contributed by atoms with Crippen LogP contribution in [0.1, 0.15) is 95.2 Å². The number of esters is 1. The van der Waals surface area contributed by atoms with Gasteiger partial charge in [0.05, 0.1) is 0 Å². The summed E-state index contributed by atoms with van der Waals surface area (Å²) in [4.78, 5) is 11.9. The molecule has 3 aromatic rings. The second-order valence-electron chi connectivity index (χ2n) is 10.7. The van der Waals surface area contributed by atoms with Crippen LogP contribution in [0.15, 0.2) is 72.8 Å². The zero-order valence-corrected chi connectivity index (χ0v) is 24.4. The number of aryl methyl sites for hydroxylation is 3. The Bertz CT molecular complexity index is 1090. The van der Waals surface area contributed by atoms with Crippen LogP contribution in [0.2, 0.25) is 0 Å². The molecule has 0 aliphatic rings. The van der Waals surface area contributed by atoms with E-state index in [1.165, 1.54) is 72.8 Å². The van der Waals surface area contributed by atoms with Crippen LogP contribution in [0, 0.1) is 0 Å². The molecule has 3 nitrogen and oxygen atoms in total. The van der Waals surface area contributed by atoms with Gasteiger partial charge in [-0.05, 0) is 72.9 Å². The maximum Gasteiger partial charge on any atom is 0.306 e. The van der Waals surface area contributed by atoms with Gasteiger partial charge in [-0.1, -0.05) is 119 Å². The first-order valence-corrected chi connectivity index (χ1v) is 15.2. The van der Waals surface area contributed by atoms with Crippen LogP contribution < -0.4 is 4.74 Å². The molecule has 39 heavy (non-hydrogen) atoms. The van der Waals surface area contributed by atoms with Crippen LogP contribution >= 0.6 is 0 Å². The van der Waals surface area contributed by atoms with Crippen molar-refractivity contribution in [3.63, 3.8) is 0 Å². The van der Waals surface area contributed by atoms with E-state index >= 15 is 0 Å². The summed E-state index contributed by atoms with van der Waals surface area (Å²) in [6.07, 6.45) is 13.1. The van der Waals surface area contributed by atoms with E-state index in [-0.39, 0.29) is 12.1 Å². The van der Waals surface area contributed by atoms with Gasteiger partial charge in [0.2, 0.25) is 0 Å². The van der Waals surface area contributed by atoms with E-state index in [0.29, 0.717) is 13.0 Å². The van der Waals surface area contributed by atoms with Gasteiger partial charge >= 0.3 is 5.97 Å². The van der Waals surface area contributed by atoms with E-state index in [9.17, 15) is 4.79 Å². The van der Waals surface area contributed by atoms with Crippen molar-refractivity contribution in [3.05, 3.63) is 89.5 Å². The molecular formula is C36H48O3. The molecule has 0 amide bonds. The molecule has 0 fully saturated rings. The summed E-state index contributed by atoms with van der Waals surface area (Å²) in [6.45, 7) is 6.53. The number of carbonyl (C=O) groups excluding carboxylic acids is 1. The fraction of sp³-hybridized carbons (Fsp3) is 0.472. The Morgan fingerprint density at radius 3 is 2.08 bits per heavy atom. The van der Waals surface area contributed by atoms with Gasteiger partial charge in [0, 0.05) is 6.42 Å². The number of ether oxygens (including phenoxy) is 2. The highest BCUT2D eigenvalue weighted by atomic mass is 16.6. The molecule has 0 radical (unpaired) electrons. The summed E-state index contributed by atoms with van der Waals surface area (Å²) in [5.74, 6) is 0.773. The lowest BCUT2D eigenvalue weighted by molar-refractivity contribution is -0.149. The number of benzene rings is 3. The Labute approximate surface area is 237 Å². The predicted molar refractivity (Wildman–Crippen MR) is 163 cm³/mol. The van der Waals surface area contributed by atoms with E-state index in [1.807, 2.05) is 19.9 Å². The Hall–Kier alpha value is -3.07. The summed E-state index contributed by atoms with van der Waals surface area (Å²) < 4.78 is 11.8. The number of rotatable bonds is 18. The molecule has 0 heterocycles. The molecule has 0 aliphatic heterocycles. The molecule has 1 atom stereocenters. The molecular weight excluding hydrogens is 480 g/mol. The maximum absolute atomic E-state index is 11.9. The smallest absolute Gasteiger partial charge is 0.306 e. The van der Waals surface area contributed by atoms with Crippen LogP contribution in [0.4, 0.5) is 0 Å². The molecule has 210 valence electrons. The van der Waals surface area contributed by atoms with Crippen LogP contribution in [-0.4, -0.2) is 18.7 Å². The van der Waals surface area contributed by atoms with Crippen molar-refractivity contribution in [2.24, 2.45) is 0 Å². The van der Waals surface area contributed by atoms with E-state index in [0.717, 1.165) is 31.4 Å². The lowest BCUT2D eigenvalue weighted by Gasteiger charge is -2.17. The van der Waals surface area contributed by atoms with Gasteiger partial charge in [-0.15, -0.1) is 0 Å². The first kappa shape index (κ1) is 30.5. The predicted octanol–water partition coefficient (Wildman–Crippen LogP) is 9.54. The molecule has 0 aromatic heterocycles. The summed E-state index contributed by atoms with van der Waals surface area (Å²) in [6, 6.07) is 26.1. The van der Waals surface area contributed by atoms with Crippen molar-refractivity contribution in [2.45, 2.75) is 104 Å². The minimum absolute atomic E-state index is 0.152. The summed E-state index contributed by atoms with van der Waals surface area (Å²) in [5, 5.41) is 0. The van der Waals surface area contributed by atoms with Crippen molar-refractivity contribution in [2.75, 3.05) is 6.61 Å². The lowest BCUT2D eigenvalue weighted by Crippen LogP contribution is -2.22. The van der Waals surface area contributed by atoms with Crippen LogP contribution in [-0.2, 0) is 28.8 Å². The Morgan fingerprint density at radius 1 is 0.692 bits per heavy atom. The summed E-state index contributed by atoms with van der Waals surface area (Å²) in [7, 11) is 0. The van der Waals surface area contributed by atoms with Crippen LogP contribution in [0.5, 0.6) is 5.75 Å². The van der Waals surface area contributed by atoms with E-state index in [2.05, 4.69) is 73.7 Å². The SMILES string of the molecule is CCCCCCCCCc1ccc(CCc2ccc(-c3ccccc3)cc2)c(OCC(C)OC(=O)CCC)c1. The number of hydrogen-bond acceptors (Lipinski definition) is 3. The quantitative estimate of drug-likeness (QED) is 0.122. The normalized spacial score (nSPS) is 11.8. The van der Waals surface area contributed by atoms with Gasteiger partial charge in [-0.3, -0.25) is 4.79 Å². The molecule has 0 bridgehead atoms. The zero-order chi connectivity index (χ0) is 27.7. The molecule has 0 aliphatic carbocycles. The highest BCUT2D eigenvalue weighted by Gasteiger charge is 2.12. The second-order valence-corrected chi connectivity index (χ2v) is 10.7. The van der Waals surface area contributed by atoms with Crippen molar-refractivity contribution >= 4 is 5.97 Å². The average Bonchev–Trinajstić information content (AvgIpc) is 2.96. The molecule has 0 saturated carbocycles. The zero-order valence-electron chi connectivity index (χ0n) is 24.4. The van der Waals surface area contributed by atoms with Crippen molar-refractivity contribution in [1.29, 1.82) is 0 Å². The minimum Gasteiger partial charge on any atom is -0.489 e. The second kappa shape index (κ2) is 17.5. The molecule has 0 spiro atoms. The van der Waals surface area contributed by atoms with Gasteiger partial charge in [0.1, 0.15) is 18.5 Å². The lowest BCUT2D eigenvalue weighted by atomic mass is 9.98. The van der Waals surface area contributed by atoms with Gasteiger partial charge in [0.25, 0.3) is 0 Å². The van der Waals surface area contributed by atoms with Gasteiger partial charge in [0.15, 0.2) is 0 Å². The number of hydrogen-bond donors (Lipinski definition) is 0. The average molecular weight is 529 g/mol. The fourth-order valence-corrected chi connectivity index (χ4v) is 4.88. The summed E-state index contributed by atoms with van der Waals surface area (Å²) >= 11 is 0. The minimum atomic E-state index is -0.269. The molecule has 1 unspecified atom stereocenters. The van der Waals surface area contributed by atoms with E-state index in [1.54, 1.807) is 0 Å². The van der Waals surface area contributed by atoms with Crippen molar-refractivity contribution in [1.82, 2.24) is 0 Å². The van der Waals surface area contributed by atoms with Gasteiger partial charge in [-0.2, -0.15) is 0 Å². The molecule has 3 rings (SSSR count). The van der Waals surface area contributed by atoms with Crippen molar-refractivity contribution in [3.8, 4) is 16.9 Å².